The number of benzene rings is 2. The van der Waals surface area contributed by atoms with E-state index in [2.05, 4.69) is 42.5 Å². The number of para-hydroxylation sites is 1. The van der Waals surface area contributed by atoms with Crippen molar-refractivity contribution < 1.29 is 18.7 Å². The maximum absolute atomic E-state index is 14.1. The first kappa shape index (κ1) is 22.7. The van der Waals surface area contributed by atoms with Crippen LogP contribution in [0.4, 0.5) is 14.5 Å². The third kappa shape index (κ3) is 4.88. The molecule has 1 heterocycles. The molecule has 166 valence electrons. The number of hydrogen-bond acceptors (Lipinski definition) is 4. The van der Waals surface area contributed by atoms with Crippen LogP contribution in [-0.4, -0.2) is 36.1 Å². The number of piperidine rings is 1. The second-order valence-corrected chi connectivity index (χ2v) is 7.73. The lowest BCUT2D eigenvalue weighted by Gasteiger charge is -2.38. The maximum Gasteiger partial charge on any atom is 0.256 e. The third-order valence-electron chi connectivity index (χ3n) is 5.72. The number of likely N-dealkylation sites (tertiary alicyclic amines) is 1. The molecule has 7 heteroatoms. The van der Waals surface area contributed by atoms with E-state index >= 15 is 0 Å². The van der Waals surface area contributed by atoms with Gasteiger partial charge in [-0.05, 0) is 43.9 Å². The van der Waals surface area contributed by atoms with Crippen molar-refractivity contribution in [1.29, 1.82) is 0 Å². The largest absolute Gasteiger partial charge is 0.505 e. The molecule has 1 aliphatic rings. The van der Waals surface area contributed by atoms with E-state index in [-0.39, 0.29) is 11.5 Å². The van der Waals surface area contributed by atoms with Crippen molar-refractivity contribution >= 4 is 11.6 Å². The van der Waals surface area contributed by atoms with Crippen LogP contribution in [0.25, 0.3) is 0 Å². The summed E-state index contributed by atoms with van der Waals surface area (Å²) in [6, 6.07) is 9.55. The van der Waals surface area contributed by atoms with E-state index in [1.165, 1.54) is 0 Å². The van der Waals surface area contributed by atoms with Crippen LogP contribution >= 0.6 is 0 Å². The molecule has 2 aromatic carbocycles. The zero-order chi connectivity index (χ0) is 22.5. The maximum atomic E-state index is 14.1. The molecule has 0 radical (unpaired) electrons. The van der Waals surface area contributed by atoms with Gasteiger partial charge in [-0.15, -0.1) is 0 Å². The summed E-state index contributed by atoms with van der Waals surface area (Å²) in [6.07, 6.45) is 4.51. The standard InChI is InChI=1S/C24H29F2N3O2/c1-4-7-22(29(27-3)21-9-6-5-8-16(21)2)17-10-12-28(13-11-17)24(31)18-14-23(30)20(26)15-19(18)25/h5-9,14-15,17,27,30H,4,10-13H2,1-3H3/b22-7-. The van der Waals surface area contributed by atoms with Crippen LogP contribution in [0, 0.1) is 24.5 Å². The number of phenols is 1. The molecule has 1 fully saturated rings. The van der Waals surface area contributed by atoms with Crippen LogP contribution in [0.3, 0.4) is 0 Å². The molecule has 0 aromatic heterocycles. The van der Waals surface area contributed by atoms with Gasteiger partial charge in [0.25, 0.3) is 5.91 Å². The van der Waals surface area contributed by atoms with E-state index in [1.807, 2.05) is 19.2 Å². The smallest absolute Gasteiger partial charge is 0.256 e. The zero-order valence-electron chi connectivity index (χ0n) is 18.2. The number of anilines is 1. The number of hydrogen-bond donors (Lipinski definition) is 2. The van der Waals surface area contributed by atoms with Gasteiger partial charge in [-0.25, -0.2) is 14.2 Å². The number of halogens is 2. The number of aromatic hydroxyl groups is 1. The summed E-state index contributed by atoms with van der Waals surface area (Å²) in [5.74, 6) is -3.07. The molecule has 2 aromatic rings. The Morgan fingerprint density at radius 1 is 1.23 bits per heavy atom. The Morgan fingerprint density at radius 3 is 2.52 bits per heavy atom. The first-order chi connectivity index (χ1) is 14.9. The minimum atomic E-state index is -1.08. The van der Waals surface area contributed by atoms with Crippen molar-refractivity contribution in [2.75, 3.05) is 25.1 Å². The van der Waals surface area contributed by atoms with E-state index in [4.69, 9.17) is 0 Å². The van der Waals surface area contributed by atoms with Crippen molar-refractivity contribution in [3.8, 4) is 5.75 Å². The highest BCUT2D eigenvalue weighted by atomic mass is 19.1. The van der Waals surface area contributed by atoms with Crippen molar-refractivity contribution in [2.24, 2.45) is 5.92 Å². The number of nitrogens with zero attached hydrogens (tertiary/aromatic N) is 2. The Hall–Kier alpha value is -2.93. The van der Waals surface area contributed by atoms with Crippen molar-refractivity contribution in [1.82, 2.24) is 10.3 Å². The molecule has 2 N–H and O–H groups in total. The number of rotatable bonds is 6. The number of phenolic OH excluding ortho intramolecular Hbond substituents is 1. The topological polar surface area (TPSA) is 55.8 Å². The Balaban J connectivity index is 1.76. The minimum Gasteiger partial charge on any atom is -0.505 e. The summed E-state index contributed by atoms with van der Waals surface area (Å²) in [5, 5.41) is 11.6. The number of allylic oxidation sites excluding steroid dienone is 2. The molecule has 1 aliphatic heterocycles. The first-order valence-corrected chi connectivity index (χ1v) is 10.6. The lowest BCUT2D eigenvalue weighted by molar-refractivity contribution is 0.0695. The van der Waals surface area contributed by atoms with Gasteiger partial charge in [0.2, 0.25) is 0 Å². The normalized spacial score (nSPS) is 15.3. The Bertz CT molecular complexity index is 969. The Labute approximate surface area is 181 Å². The number of carbonyl (C=O) groups is 1. The molecule has 0 unspecified atom stereocenters. The number of nitrogens with one attached hydrogen (secondary N) is 1. The molecule has 31 heavy (non-hydrogen) atoms. The predicted molar refractivity (Wildman–Crippen MR) is 118 cm³/mol. The summed E-state index contributed by atoms with van der Waals surface area (Å²) in [7, 11) is 1.89. The molecular formula is C24H29F2N3O2. The fraction of sp³-hybridized carbons (Fsp3) is 0.375. The van der Waals surface area contributed by atoms with Crippen LogP contribution in [0.5, 0.6) is 5.75 Å². The second-order valence-electron chi connectivity index (χ2n) is 7.73. The zero-order valence-corrected chi connectivity index (χ0v) is 18.2. The van der Waals surface area contributed by atoms with E-state index in [1.54, 1.807) is 4.90 Å². The molecule has 3 rings (SSSR count). The highest BCUT2D eigenvalue weighted by Crippen LogP contribution is 2.32. The number of hydrazine groups is 1. The minimum absolute atomic E-state index is 0.225. The summed E-state index contributed by atoms with van der Waals surface area (Å²) in [6.45, 7) is 5.06. The molecule has 0 bridgehead atoms. The second kappa shape index (κ2) is 9.92. The van der Waals surface area contributed by atoms with Crippen molar-refractivity contribution in [2.45, 2.75) is 33.1 Å². The van der Waals surface area contributed by atoms with Gasteiger partial charge in [0.05, 0.1) is 11.3 Å². The first-order valence-electron chi connectivity index (χ1n) is 10.6. The monoisotopic (exact) mass is 429 g/mol. The SMILES string of the molecule is CC/C=C(/C1CCN(C(=O)c2cc(O)c(F)cc2F)CC1)N(NC)c1ccccc1C. The molecule has 0 atom stereocenters. The van der Waals surface area contributed by atoms with E-state index in [0.29, 0.717) is 19.2 Å². The van der Waals surface area contributed by atoms with Crippen LogP contribution in [-0.2, 0) is 0 Å². The molecule has 0 spiro atoms. The van der Waals surface area contributed by atoms with Crippen molar-refractivity contribution in [3.05, 3.63) is 70.9 Å². The quantitative estimate of drug-likeness (QED) is 0.650. The molecule has 1 amide bonds. The molecule has 5 nitrogen and oxygen atoms in total. The van der Waals surface area contributed by atoms with Crippen molar-refractivity contribution in [3.63, 3.8) is 0 Å². The van der Waals surface area contributed by atoms with Gasteiger partial charge in [0.1, 0.15) is 5.82 Å². The fourth-order valence-corrected chi connectivity index (χ4v) is 4.10. The molecule has 1 saturated heterocycles. The van der Waals surface area contributed by atoms with Crippen LogP contribution in [0.1, 0.15) is 42.1 Å². The average Bonchev–Trinajstić information content (AvgIpc) is 2.77. The van der Waals surface area contributed by atoms with Gasteiger partial charge >= 0.3 is 0 Å². The molecule has 0 saturated carbocycles. The number of aryl methyl sites for hydroxylation is 1. The lowest BCUT2D eigenvalue weighted by Crippen LogP contribution is -2.43. The highest BCUT2D eigenvalue weighted by Gasteiger charge is 2.30. The van der Waals surface area contributed by atoms with Gasteiger partial charge in [-0.1, -0.05) is 31.2 Å². The number of carbonyl (C=O) groups excluding carboxylic acids is 1. The molecular weight excluding hydrogens is 400 g/mol. The van der Waals surface area contributed by atoms with Gasteiger partial charge in [0.15, 0.2) is 11.6 Å². The average molecular weight is 430 g/mol. The van der Waals surface area contributed by atoms with Gasteiger partial charge in [-0.2, -0.15) is 0 Å². The fourth-order valence-electron chi connectivity index (χ4n) is 4.10. The van der Waals surface area contributed by atoms with Gasteiger partial charge < -0.3 is 10.0 Å². The highest BCUT2D eigenvalue weighted by molar-refractivity contribution is 5.95. The van der Waals surface area contributed by atoms with E-state index < -0.39 is 23.3 Å². The van der Waals surface area contributed by atoms with Gasteiger partial charge in [0, 0.05) is 37.8 Å². The van der Waals surface area contributed by atoms with Crippen LogP contribution < -0.4 is 10.4 Å². The van der Waals surface area contributed by atoms with Crippen LogP contribution in [0.15, 0.2) is 48.2 Å². The summed E-state index contributed by atoms with van der Waals surface area (Å²) >= 11 is 0. The predicted octanol–water partition coefficient (Wildman–Crippen LogP) is 4.77. The summed E-state index contributed by atoms with van der Waals surface area (Å²) in [5.41, 5.74) is 6.36. The Morgan fingerprint density at radius 2 is 1.90 bits per heavy atom. The molecule has 0 aliphatic carbocycles. The summed E-state index contributed by atoms with van der Waals surface area (Å²) < 4.78 is 27.4. The van der Waals surface area contributed by atoms with E-state index in [0.717, 1.165) is 42.3 Å². The number of amides is 1. The van der Waals surface area contributed by atoms with Crippen LogP contribution in [0.2, 0.25) is 0 Å². The van der Waals surface area contributed by atoms with E-state index in [9.17, 15) is 18.7 Å². The van der Waals surface area contributed by atoms with Gasteiger partial charge in [-0.3, -0.25) is 9.80 Å². The lowest BCUT2D eigenvalue weighted by atomic mass is 9.91. The third-order valence-corrected chi connectivity index (χ3v) is 5.72. The summed E-state index contributed by atoms with van der Waals surface area (Å²) in [4.78, 5) is 14.3. The Kier molecular flexibility index (Phi) is 7.28.